The normalized spacial score (nSPS) is 19.3. The van der Waals surface area contributed by atoms with Gasteiger partial charge in [0.05, 0.1) is 32.1 Å². The lowest BCUT2D eigenvalue weighted by molar-refractivity contribution is 0.0523. The first kappa shape index (κ1) is 21.7. The van der Waals surface area contributed by atoms with E-state index >= 15 is 0 Å². The van der Waals surface area contributed by atoms with E-state index in [4.69, 9.17) is 19.2 Å². The second-order valence-electron chi connectivity index (χ2n) is 7.55. The zero-order chi connectivity index (χ0) is 21.8. The third-order valence-corrected chi connectivity index (χ3v) is 9.29. The molecule has 0 unspecified atom stereocenters. The van der Waals surface area contributed by atoms with E-state index in [9.17, 15) is 4.57 Å². The van der Waals surface area contributed by atoms with Crippen LogP contribution in [-0.2, 0) is 14.0 Å². The number of aromatic nitrogens is 2. The highest BCUT2D eigenvalue weighted by atomic mass is 32.1. The van der Waals surface area contributed by atoms with Crippen LogP contribution >= 0.6 is 19.1 Å². The molecule has 8 nitrogen and oxygen atoms in total. The number of hydrogen-bond acceptors (Lipinski definition) is 5. The maximum atomic E-state index is 14.4. The van der Waals surface area contributed by atoms with Crippen molar-refractivity contribution >= 4 is 19.1 Å². The molecule has 1 aromatic heterocycles. The van der Waals surface area contributed by atoms with Crippen molar-refractivity contribution in [1.82, 2.24) is 18.3 Å². The lowest BCUT2D eigenvalue weighted by Gasteiger charge is -2.39. The Kier molecular flexibility index (Phi) is 6.64. The second-order valence-corrected chi connectivity index (χ2v) is 10.8. The molecule has 2 saturated heterocycles. The van der Waals surface area contributed by atoms with Gasteiger partial charge in [0.25, 0.3) is 0 Å². The van der Waals surface area contributed by atoms with Gasteiger partial charge in [-0.15, -0.1) is 0 Å². The molecule has 0 aliphatic carbocycles. The summed E-state index contributed by atoms with van der Waals surface area (Å²) in [5, 5.41) is 0. The van der Waals surface area contributed by atoms with Crippen LogP contribution in [0.1, 0.15) is 0 Å². The van der Waals surface area contributed by atoms with Crippen LogP contribution in [0.3, 0.4) is 0 Å². The molecule has 0 atom stereocenters. The van der Waals surface area contributed by atoms with E-state index in [1.54, 1.807) is 0 Å². The summed E-state index contributed by atoms with van der Waals surface area (Å²) in [7, 11) is -3.22. The fourth-order valence-electron chi connectivity index (χ4n) is 3.87. The molecule has 0 saturated carbocycles. The predicted octanol–water partition coefficient (Wildman–Crippen LogP) is 3.27. The van der Waals surface area contributed by atoms with Crippen molar-refractivity contribution in [2.45, 2.75) is 0 Å². The maximum Gasteiger partial charge on any atom is 0.332 e. The minimum atomic E-state index is -3.22. The first-order chi connectivity index (χ1) is 15.7. The van der Waals surface area contributed by atoms with Gasteiger partial charge in [0.1, 0.15) is 0 Å². The maximum absolute atomic E-state index is 14.4. The van der Waals surface area contributed by atoms with Gasteiger partial charge >= 0.3 is 7.59 Å². The molecular weight excluding hydrogens is 445 g/mol. The number of ether oxygens (including phenoxy) is 2. The Labute approximate surface area is 191 Å². The van der Waals surface area contributed by atoms with E-state index in [1.165, 1.54) is 11.5 Å². The van der Waals surface area contributed by atoms with E-state index in [0.717, 1.165) is 17.1 Å². The highest BCUT2D eigenvalue weighted by Gasteiger charge is 2.39. The second kappa shape index (κ2) is 9.79. The van der Waals surface area contributed by atoms with Crippen molar-refractivity contribution in [3.63, 3.8) is 0 Å². The van der Waals surface area contributed by atoms with Crippen LogP contribution in [0.4, 0.5) is 0 Å². The molecule has 3 heterocycles. The molecule has 168 valence electrons. The quantitative estimate of drug-likeness (QED) is 0.532. The molecule has 0 spiro atoms. The lowest BCUT2D eigenvalue weighted by Crippen LogP contribution is -2.42. The molecule has 0 bridgehead atoms. The van der Waals surface area contributed by atoms with E-state index < -0.39 is 7.59 Å². The molecule has 10 heteroatoms. The fourth-order valence-corrected chi connectivity index (χ4v) is 7.34. The zero-order valence-electron chi connectivity index (χ0n) is 17.7. The molecule has 0 radical (unpaired) electrons. The molecular formula is C22H26N5O3PS. The minimum absolute atomic E-state index is 0.508. The van der Waals surface area contributed by atoms with Gasteiger partial charge in [-0.2, -0.15) is 9.75 Å². The van der Waals surface area contributed by atoms with Crippen molar-refractivity contribution in [3.05, 3.63) is 65.5 Å². The highest BCUT2D eigenvalue weighted by Crippen LogP contribution is 2.54. The Hall–Kier alpha value is -2.13. The van der Waals surface area contributed by atoms with Crippen LogP contribution in [0.5, 0.6) is 0 Å². The Morgan fingerprint density at radius 1 is 0.812 bits per heavy atom. The van der Waals surface area contributed by atoms with Crippen LogP contribution in [-0.4, -0.2) is 70.9 Å². The van der Waals surface area contributed by atoms with E-state index in [1.807, 2.05) is 70.0 Å². The summed E-state index contributed by atoms with van der Waals surface area (Å²) in [5.41, 5.74) is 1.99. The predicted molar refractivity (Wildman–Crippen MR) is 125 cm³/mol. The minimum Gasteiger partial charge on any atom is -0.379 e. The van der Waals surface area contributed by atoms with Crippen molar-refractivity contribution < 1.29 is 14.0 Å². The van der Waals surface area contributed by atoms with Crippen LogP contribution in [0.25, 0.3) is 17.1 Å². The standard InChI is InChI=1S/C22H26N5O3PS/c28-31(25-11-15-29-16-12-25,26-13-17-30-18-14-26)24-22-23-21(19-7-3-1-4-8-19)27(32-22)20-9-5-2-6-10-20/h1-10H,11-18H2/b24-22+. The molecule has 0 amide bonds. The van der Waals surface area contributed by atoms with Gasteiger partial charge in [0.15, 0.2) is 5.82 Å². The molecule has 2 aromatic carbocycles. The summed E-state index contributed by atoms with van der Waals surface area (Å²) >= 11 is 1.41. The van der Waals surface area contributed by atoms with E-state index in [0.29, 0.717) is 57.4 Å². The van der Waals surface area contributed by atoms with Crippen molar-refractivity contribution in [2.75, 3.05) is 52.6 Å². The van der Waals surface area contributed by atoms with Crippen molar-refractivity contribution in [2.24, 2.45) is 4.76 Å². The summed E-state index contributed by atoms with van der Waals surface area (Å²) in [6, 6.07) is 20.1. The summed E-state index contributed by atoms with van der Waals surface area (Å²) in [5.74, 6) is 0.788. The summed E-state index contributed by atoms with van der Waals surface area (Å²) in [6.45, 7) is 4.59. The van der Waals surface area contributed by atoms with E-state index in [2.05, 4.69) is 3.96 Å². The number of para-hydroxylation sites is 1. The Bertz CT molecular complexity index is 1060. The number of benzene rings is 2. The lowest BCUT2D eigenvalue weighted by atomic mass is 10.2. The van der Waals surface area contributed by atoms with Crippen LogP contribution in [0.2, 0.25) is 0 Å². The number of morpholine rings is 2. The molecule has 2 aliphatic rings. The summed E-state index contributed by atoms with van der Waals surface area (Å²) in [4.78, 5) is 5.37. The number of hydrogen-bond donors (Lipinski definition) is 0. The van der Waals surface area contributed by atoms with Crippen LogP contribution in [0, 0.1) is 0 Å². The van der Waals surface area contributed by atoms with Gasteiger partial charge in [-0.1, -0.05) is 48.5 Å². The topological polar surface area (TPSA) is 72.2 Å². The average molecular weight is 472 g/mol. The fraction of sp³-hybridized carbons (Fsp3) is 0.364. The van der Waals surface area contributed by atoms with Gasteiger partial charge in [0.2, 0.25) is 4.80 Å². The molecule has 32 heavy (non-hydrogen) atoms. The number of nitrogens with zero attached hydrogens (tertiary/aromatic N) is 5. The smallest absolute Gasteiger partial charge is 0.332 e. The monoisotopic (exact) mass is 471 g/mol. The van der Waals surface area contributed by atoms with Crippen LogP contribution < -0.4 is 4.80 Å². The average Bonchev–Trinajstić information content (AvgIpc) is 3.30. The molecule has 0 N–H and O–H groups in total. The summed E-state index contributed by atoms with van der Waals surface area (Å²) in [6.07, 6.45) is 0. The van der Waals surface area contributed by atoms with Crippen molar-refractivity contribution in [1.29, 1.82) is 0 Å². The SMILES string of the molecule is O=P(/N=c1\nc(-c2ccccc2)n(-c2ccccc2)s1)(N1CCOCC1)N1CCOCC1. The molecule has 2 aliphatic heterocycles. The van der Waals surface area contributed by atoms with Gasteiger partial charge in [-0.05, 0) is 23.7 Å². The zero-order valence-corrected chi connectivity index (χ0v) is 19.5. The van der Waals surface area contributed by atoms with E-state index in [-0.39, 0.29) is 0 Å². The Morgan fingerprint density at radius 3 is 1.91 bits per heavy atom. The Balaban J connectivity index is 1.63. The molecule has 3 aromatic rings. The summed E-state index contributed by atoms with van der Waals surface area (Å²) < 4.78 is 36.3. The van der Waals surface area contributed by atoms with Crippen molar-refractivity contribution in [3.8, 4) is 17.1 Å². The highest BCUT2D eigenvalue weighted by molar-refractivity contribution is 7.57. The largest absolute Gasteiger partial charge is 0.379 e. The molecule has 2 fully saturated rings. The van der Waals surface area contributed by atoms with Gasteiger partial charge in [-0.3, -0.25) is 4.57 Å². The first-order valence-corrected chi connectivity index (χ1v) is 13.1. The van der Waals surface area contributed by atoms with Gasteiger partial charge in [0, 0.05) is 31.7 Å². The van der Waals surface area contributed by atoms with Gasteiger partial charge < -0.3 is 9.47 Å². The van der Waals surface area contributed by atoms with Gasteiger partial charge in [-0.25, -0.2) is 13.3 Å². The molecule has 5 rings (SSSR count). The third-order valence-electron chi connectivity index (χ3n) is 5.52. The van der Waals surface area contributed by atoms with Crippen LogP contribution in [0.15, 0.2) is 65.4 Å². The first-order valence-electron chi connectivity index (χ1n) is 10.8. The number of rotatable bonds is 5. The third kappa shape index (κ3) is 4.50. The Morgan fingerprint density at radius 2 is 1.34 bits per heavy atom.